The Morgan fingerprint density at radius 1 is 0.957 bits per heavy atom. The van der Waals surface area contributed by atoms with Crippen molar-refractivity contribution in [1.29, 1.82) is 0 Å². The minimum atomic E-state index is -0.550. The fraction of sp³-hybridized carbons (Fsp3) is 0.111. The molecule has 0 saturated heterocycles. The summed E-state index contributed by atoms with van der Waals surface area (Å²) in [6, 6.07) is 14.9. The second kappa shape index (κ2) is 4.98. The predicted molar refractivity (Wildman–Crippen MR) is 89.6 cm³/mol. The Balaban J connectivity index is 1.83. The van der Waals surface area contributed by atoms with Crippen LogP contribution >= 0.6 is 0 Å². The summed E-state index contributed by atoms with van der Waals surface area (Å²) >= 11 is 0. The molecule has 23 heavy (non-hydrogen) atoms. The lowest BCUT2D eigenvalue weighted by Crippen LogP contribution is -2.40. The normalized spacial score (nSPS) is 16.6. The molecule has 1 atom stereocenters. The number of H-pyrrole nitrogens is 1. The van der Waals surface area contributed by atoms with Crippen LogP contribution in [0.4, 0.5) is 5.69 Å². The molecule has 4 rings (SSSR count). The molecule has 0 spiro atoms. The van der Waals surface area contributed by atoms with Crippen molar-refractivity contribution in [1.82, 2.24) is 10.3 Å². The molecule has 3 N–H and O–H groups in total. The third-order valence-electron chi connectivity index (χ3n) is 4.17. The number of aromatic amines is 1. The largest absolute Gasteiger partial charge is 0.361 e. The van der Waals surface area contributed by atoms with E-state index in [0.29, 0.717) is 11.1 Å². The maximum atomic E-state index is 12.5. The number of nitrogens with one attached hydrogen (secondary N) is 3. The minimum absolute atomic E-state index is 0.187. The summed E-state index contributed by atoms with van der Waals surface area (Å²) < 4.78 is 0. The molecule has 0 saturated carbocycles. The Bertz CT molecular complexity index is 991. The Morgan fingerprint density at radius 3 is 2.65 bits per heavy atom. The monoisotopic (exact) mass is 305 g/mol. The number of aromatic nitrogens is 1. The van der Waals surface area contributed by atoms with E-state index >= 15 is 0 Å². The number of amides is 1. The number of aryl methyl sites for hydroxylation is 1. The average molecular weight is 305 g/mol. The second-order valence-corrected chi connectivity index (χ2v) is 5.69. The zero-order chi connectivity index (χ0) is 16.0. The van der Waals surface area contributed by atoms with Crippen molar-refractivity contribution in [2.45, 2.75) is 13.1 Å². The highest BCUT2D eigenvalue weighted by Gasteiger charge is 2.26. The van der Waals surface area contributed by atoms with E-state index in [1.165, 1.54) is 0 Å². The number of anilines is 1. The van der Waals surface area contributed by atoms with Gasteiger partial charge < -0.3 is 15.6 Å². The molecule has 114 valence electrons. The summed E-state index contributed by atoms with van der Waals surface area (Å²) in [7, 11) is 0. The second-order valence-electron chi connectivity index (χ2n) is 5.69. The van der Waals surface area contributed by atoms with Gasteiger partial charge in [-0.1, -0.05) is 30.3 Å². The van der Waals surface area contributed by atoms with Crippen molar-refractivity contribution in [3.8, 4) is 0 Å². The summed E-state index contributed by atoms with van der Waals surface area (Å²) in [5.74, 6) is -0.187. The third-order valence-corrected chi connectivity index (χ3v) is 4.17. The summed E-state index contributed by atoms with van der Waals surface area (Å²) in [4.78, 5) is 27.6. The number of hydrogen-bond acceptors (Lipinski definition) is 3. The molecule has 0 bridgehead atoms. The molecule has 0 aliphatic carbocycles. The van der Waals surface area contributed by atoms with Crippen LogP contribution in [0, 0.1) is 6.92 Å². The van der Waals surface area contributed by atoms with Crippen molar-refractivity contribution in [2.24, 2.45) is 0 Å². The number of pyridine rings is 1. The van der Waals surface area contributed by atoms with Gasteiger partial charge in [-0.3, -0.25) is 9.59 Å². The smallest absolute Gasteiger partial charge is 0.255 e. The van der Waals surface area contributed by atoms with Crippen LogP contribution in [0.25, 0.3) is 10.9 Å². The molecule has 5 heteroatoms. The molecule has 0 fully saturated rings. The molecule has 1 aromatic heterocycles. The van der Waals surface area contributed by atoms with Crippen molar-refractivity contribution >= 4 is 22.5 Å². The highest BCUT2D eigenvalue weighted by atomic mass is 16.2. The van der Waals surface area contributed by atoms with Gasteiger partial charge in [0, 0.05) is 5.69 Å². The van der Waals surface area contributed by atoms with Crippen LogP contribution < -0.4 is 16.2 Å². The molecule has 2 aromatic carbocycles. The minimum Gasteiger partial charge on any atom is -0.361 e. The van der Waals surface area contributed by atoms with Crippen LogP contribution in [-0.2, 0) is 0 Å². The van der Waals surface area contributed by atoms with E-state index in [2.05, 4.69) is 15.6 Å². The van der Waals surface area contributed by atoms with Gasteiger partial charge in [-0.2, -0.15) is 0 Å². The van der Waals surface area contributed by atoms with Crippen molar-refractivity contribution < 1.29 is 4.79 Å². The standard InChI is InChI=1S/C18H15N3O2/c1-10-5-4-6-11-9-13(18(23)20-15(10)11)16-19-14-8-3-2-7-12(14)17(22)21-16/h2-9,16,19H,1H3,(H,20,23)(H,21,22). The van der Waals surface area contributed by atoms with Crippen molar-refractivity contribution in [3.63, 3.8) is 0 Å². The van der Waals surface area contributed by atoms with Gasteiger partial charge in [0.1, 0.15) is 6.17 Å². The number of rotatable bonds is 1. The predicted octanol–water partition coefficient (Wildman–Crippen LogP) is 2.69. The zero-order valence-electron chi connectivity index (χ0n) is 12.5. The molecule has 0 radical (unpaired) electrons. The Labute approximate surface area is 132 Å². The lowest BCUT2D eigenvalue weighted by molar-refractivity contribution is 0.0935. The Hall–Kier alpha value is -3.08. The van der Waals surface area contributed by atoms with E-state index < -0.39 is 6.17 Å². The van der Waals surface area contributed by atoms with E-state index in [0.717, 1.165) is 22.2 Å². The summed E-state index contributed by atoms with van der Waals surface area (Å²) in [6.07, 6.45) is -0.550. The fourth-order valence-corrected chi connectivity index (χ4v) is 2.98. The summed E-state index contributed by atoms with van der Waals surface area (Å²) in [6.45, 7) is 1.95. The summed E-state index contributed by atoms with van der Waals surface area (Å²) in [5.41, 5.74) is 3.43. The lowest BCUT2D eigenvalue weighted by Gasteiger charge is -2.27. The van der Waals surface area contributed by atoms with E-state index in [1.807, 2.05) is 49.4 Å². The number of benzene rings is 2. The Kier molecular flexibility index (Phi) is 2.94. The molecule has 1 aliphatic heterocycles. The SMILES string of the molecule is Cc1cccc2cc(C3NC(=O)c4ccccc4N3)c(=O)[nH]c12. The van der Waals surface area contributed by atoms with E-state index in [9.17, 15) is 9.59 Å². The van der Waals surface area contributed by atoms with Crippen LogP contribution in [-0.4, -0.2) is 10.9 Å². The van der Waals surface area contributed by atoms with Gasteiger partial charge in [0.2, 0.25) is 0 Å². The maximum absolute atomic E-state index is 12.5. The molecule has 5 nitrogen and oxygen atoms in total. The third kappa shape index (κ3) is 2.17. The zero-order valence-corrected chi connectivity index (χ0v) is 12.5. The highest BCUT2D eigenvalue weighted by molar-refractivity contribution is 6.01. The van der Waals surface area contributed by atoms with E-state index in [1.54, 1.807) is 6.07 Å². The van der Waals surface area contributed by atoms with Gasteiger partial charge in [-0.25, -0.2) is 0 Å². The molecular weight excluding hydrogens is 290 g/mol. The molecule has 1 aliphatic rings. The quantitative estimate of drug-likeness (QED) is 0.647. The van der Waals surface area contributed by atoms with Crippen LogP contribution in [0.3, 0.4) is 0 Å². The van der Waals surface area contributed by atoms with Crippen LogP contribution in [0.5, 0.6) is 0 Å². The molecule has 1 unspecified atom stereocenters. The molecule has 3 aromatic rings. The van der Waals surface area contributed by atoms with Crippen LogP contribution in [0.15, 0.2) is 53.3 Å². The highest BCUT2D eigenvalue weighted by Crippen LogP contribution is 2.26. The van der Waals surface area contributed by atoms with Gasteiger partial charge in [-0.15, -0.1) is 0 Å². The van der Waals surface area contributed by atoms with E-state index in [-0.39, 0.29) is 11.5 Å². The number of carbonyl (C=O) groups is 1. The van der Waals surface area contributed by atoms with Crippen molar-refractivity contribution in [2.75, 3.05) is 5.32 Å². The van der Waals surface area contributed by atoms with Gasteiger partial charge in [0.15, 0.2) is 0 Å². The first-order valence-electron chi connectivity index (χ1n) is 7.42. The van der Waals surface area contributed by atoms with Gasteiger partial charge in [0.25, 0.3) is 11.5 Å². The van der Waals surface area contributed by atoms with Crippen LogP contribution in [0.2, 0.25) is 0 Å². The molecule has 2 heterocycles. The Morgan fingerprint density at radius 2 is 1.78 bits per heavy atom. The number of fused-ring (bicyclic) bond motifs is 2. The average Bonchev–Trinajstić information content (AvgIpc) is 2.55. The van der Waals surface area contributed by atoms with Gasteiger partial charge >= 0.3 is 0 Å². The lowest BCUT2D eigenvalue weighted by atomic mass is 10.0. The van der Waals surface area contributed by atoms with Gasteiger partial charge in [-0.05, 0) is 36.1 Å². The number of carbonyl (C=O) groups excluding carboxylic acids is 1. The topological polar surface area (TPSA) is 74.0 Å². The molecular formula is C18H15N3O2. The number of para-hydroxylation sites is 2. The summed E-state index contributed by atoms with van der Waals surface area (Å²) in [5, 5.41) is 6.99. The number of hydrogen-bond donors (Lipinski definition) is 3. The molecule has 1 amide bonds. The first-order chi connectivity index (χ1) is 11.1. The van der Waals surface area contributed by atoms with Crippen LogP contribution in [0.1, 0.15) is 27.7 Å². The van der Waals surface area contributed by atoms with E-state index in [4.69, 9.17) is 0 Å². The fourth-order valence-electron chi connectivity index (χ4n) is 2.98. The van der Waals surface area contributed by atoms with Crippen molar-refractivity contribution in [3.05, 3.63) is 75.6 Å². The first kappa shape index (κ1) is 13.6. The first-order valence-corrected chi connectivity index (χ1v) is 7.42. The maximum Gasteiger partial charge on any atom is 0.255 e. The van der Waals surface area contributed by atoms with Gasteiger partial charge in [0.05, 0.1) is 16.6 Å².